The molecule has 0 aromatic heterocycles. The highest BCUT2D eigenvalue weighted by atomic mass is 15.2. The van der Waals surface area contributed by atoms with Crippen molar-refractivity contribution in [3.05, 3.63) is 217 Å². The summed E-state index contributed by atoms with van der Waals surface area (Å²) in [5, 5.41) is 7.49. The Balaban J connectivity index is 1.39. The summed E-state index contributed by atoms with van der Waals surface area (Å²) >= 11 is 0. The zero-order valence-corrected chi connectivity index (χ0v) is 32.4. The fourth-order valence-electron chi connectivity index (χ4n) is 8.95. The van der Waals surface area contributed by atoms with Gasteiger partial charge in [0.25, 0.3) is 0 Å². The molecular formula is C55H42N2. The number of aryl methyl sites for hydroxylation is 3. The molecule has 0 atom stereocenters. The highest BCUT2D eigenvalue weighted by molar-refractivity contribution is 6.29. The zero-order chi connectivity index (χ0) is 38.5. The van der Waals surface area contributed by atoms with Gasteiger partial charge in [-0.15, -0.1) is 0 Å². The molecule has 0 spiro atoms. The van der Waals surface area contributed by atoms with E-state index in [9.17, 15) is 0 Å². The van der Waals surface area contributed by atoms with E-state index in [0.717, 1.165) is 22.7 Å². The molecule has 0 aliphatic heterocycles. The maximum absolute atomic E-state index is 2.51. The van der Waals surface area contributed by atoms with Crippen LogP contribution in [-0.2, 0) is 0 Å². The summed E-state index contributed by atoms with van der Waals surface area (Å²) in [4.78, 5) is 5.02. The van der Waals surface area contributed by atoms with E-state index in [2.05, 4.69) is 231 Å². The zero-order valence-electron chi connectivity index (χ0n) is 32.4. The van der Waals surface area contributed by atoms with Crippen molar-refractivity contribution in [1.29, 1.82) is 0 Å². The predicted molar refractivity (Wildman–Crippen MR) is 245 cm³/mol. The SMILES string of the molecule is Cc1cc2ccc3c(N(c4ccccc4)c4c(C)cccc4-c4ccccc4)cc(N(c4ccccc4)c4c(C)cccc4-c4ccccc4)c4ccc(c1)c2c34. The van der Waals surface area contributed by atoms with Crippen LogP contribution >= 0.6 is 0 Å². The summed E-state index contributed by atoms with van der Waals surface area (Å²) in [5.74, 6) is 0. The van der Waals surface area contributed by atoms with E-state index in [4.69, 9.17) is 0 Å². The van der Waals surface area contributed by atoms with E-state index in [1.54, 1.807) is 0 Å². The Morgan fingerprint density at radius 2 is 0.737 bits per heavy atom. The molecule has 0 aliphatic rings. The van der Waals surface area contributed by atoms with Gasteiger partial charge in [-0.3, -0.25) is 0 Å². The number of hydrogen-bond acceptors (Lipinski definition) is 2. The smallest absolute Gasteiger partial charge is 0.0569 e. The topological polar surface area (TPSA) is 6.48 Å². The van der Waals surface area contributed by atoms with Crippen molar-refractivity contribution in [3.8, 4) is 22.3 Å². The minimum absolute atomic E-state index is 1.10. The van der Waals surface area contributed by atoms with Gasteiger partial charge in [-0.2, -0.15) is 0 Å². The monoisotopic (exact) mass is 730 g/mol. The fraction of sp³-hybridized carbons (Fsp3) is 0.0545. The van der Waals surface area contributed by atoms with Crippen LogP contribution in [0.2, 0.25) is 0 Å². The quantitative estimate of drug-likeness (QED) is 0.144. The minimum atomic E-state index is 1.10. The molecule has 0 amide bonds. The Bertz CT molecular complexity index is 2830. The van der Waals surface area contributed by atoms with E-state index in [0.29, 0.717) is 0 Å². The molecule has 2 heteroatoms. The van der Waals surface area contributed by atoms with Crippen molar-refractivity contribution >= 4 is 66.4 Å². The van der Waals surface area contributed by atoms with Gasteiger partial charge in [-0.1, -0.05) is 170 Å². The molecule has 10 rings (SSSR count). The maximum Gasteiger partial charge on any atom is 0.0569 e. The molecule has 0 saturated carbocycles. The summed E-state index contributed by atoms with van der Waals surface area (Å²) in [6.45, 7) is 6.69. The van der Waals surface area contributed by atoms with Gasteiger partial charge < -0.3 is 9.80 Å². The van der Waals surface area contributed by atoms with Gasteiger partial charge in [0.05, 0.1) is 22.7 Å². The van der Waals surface area contributed by atoms with E-state index in [-0.39, 0.29) is 0 Å². The first-order valence-corrected chi connectivity index (χ1v) is 19.8. The van der Waals surface area contributed by atoms with Crippen LogP contribution in [-0.4, -0.2) is 0 Å². The molecule has 57 heavy (non-hydrogen) atoms. The van der Waals surface area contributed by atoms with Crippen molar-refractivity contribution in [2.45, 2.75) is 20.8 Å². The molecule has 2 nitrogen and oxygen atoms in total. The van der Waals surface area contributed by atoms with Crippen molar-refractivity contribution in [2.75, 3.05) is 9.80 Å². The van der Waals surface area contributed by atoms with Crippen LogP contribution in [0.4, 0.5) is 34.1 Å². The number of rotatable bonds is 8. The summed E-state index contributed by atoms with van der Waals surface area (Å²) in [6, 6.07) is 73.3. The lowest BCUT2D eigenvalue weighted by atomic mass is 9.89. The van der Waals surface area contributed by atoms with Crippen molar-refractivity contribution in [1.82, 2.24) is 0 Å². The number of hydrogen-bond donors (Lipinski definition) is 0. The molecule has 0 heterocycles. The van der Waals surface area contributed by atoms with E-state index >= 15 is 0 Å². The Kier molecular flexibility index (Phi) is 8.53. The van der Waals surface area contributed by atoms with Crippen LogP contribution in [0.15, 0.2) is 200 Å². The van der Waals surface area contributed by atoms with Gasteiger partial charge in [0.2, 0.25) is 0 Å². The van der Waals surface area contributed by atoms with E-state index in [1.807, 2.05) is 0 Å². The van der Waals surface area contributed by atoms with Gasteiger partial charge in [-0.05, 0) is 95.1 Å². The van der Waals surface area contributed by atoms with Gasteiger partial charge in [0.15, 0.2) is 0 Å². The van der Waals surface area contributed by atoms with Gasteiger partial charge in [0, 0.05) is 38.7 Å². The van der Waals surface area contributed by atoms with Crippen LogP contribution in [0.25, 0.3) is 54.6 Å². The molecule has 0 radical (unpaired) electrons. The highest BCUT2D eigenvalue weighted by Crippen LogP contribution is 2.53. The molecule has 0 unspecified atom stereocenters. The average Bonchev–Trinajstić information content (AvgIpc) is 3.25. The number of para-hydroxylation sites is 4. The van der Waals surface area contributed by atoms with Gasteiger partial charge in [-0.25, -0.2) is 0 Å². The van der Waals surface area contributed by atoms with Gasteiger partial charge >= 0.3 is 0 Å². The minimum Gasteiger partial charge on any atom is -0.309 e. The van der Waals surface area contributed by atoms with Crippen molar-refractivity contribution < 1.29 is 0 Å². The Labute approximate surface area is 334 Å². The largest absolute Gasteiger partial charge is 0.309 e. The maximum atomic E-state index is 2.51. The summed E-state index contributed by atoms with van der Waals surface area (Å²) in [7, 11) is 0. The Hall–Kier alpha value is -7.16. The first kappa shape index (κ1) is 34.3. The number of anilines is 6. The number of benzene rings is 10. The lowest BCUT2D eigenvalue weighted by Crippen LogP contribution is -2.17. The van der Waals surface area contributed by atoms with Crippen molar-refractivity contribution in [3.63, 3.8) is 0 Å². The second kappa shape index (κ2) is 14.2. The lowest BCUT2D eigenvalue weighted by Gasteiger charge is -2.35. The van der Waals surface area contributed by atoms with Crippen LogP contribution in [0, 0.1) is 20.8 Å². The third kappa shape index (κ3) is 5.89. The molecular weight excluding hydrogens is 689 g/mol. The van der Waals surface area contributed by atoms with E-state index in [1.165, 1.54) is 82.6 Å². The third-order valence-electron chi connectivity index (χ3n) is 11.4. The Morgan fingerprint density at radius 3 is 1.16 bits per heavy atom. The second-order valence-electron chi connectivity index (χ2n) is 15.1. The molecule has 0 saturated heterocycles. The van der Waals surface area contributed by atoms with E-state index < -0.39 is 0 Å². The second-order valence-corrected chi connectivity index (χ2v) is 15.1. The van der Waals surface area contributed by atoms with Crippen LogP contribution in [0.5, 0.6) is 0 Å². The predicted octanol–water partition coefficient (Wildman–Crippen LogP) is 15.8. The lowest BCUT2D eigenvalue weighted by molar-refractivity contribution is 1.24. The van der Waals surface area contributed by atoms with Crippen LogP contribution in [0.1, 0.15) is 16.7 Å². The van der Waals surface area contributed by atoms with Crippen LogP contribution in [0.3, 0.4) is 0 Å². The normalized spacial score (nSPS) is 11.4. The molecule has 0 aliphatic carbocycles. The summed E-state index contributed by atoms with van der Waals surface area (Å²) in [6.07, 6.45) is 0. The Morgan fingerprint density at radius 1 is 0.333 bits per heavy atom. The standard InChI is InChI=1S/C55H42N2/c1-37-34-42-30-32-48-50(56(44-24-12-6-13-25-44)54-38(2)18-16-28-46(54)40-20-8-4-9-21-40)36-51(49-33-31-43(35-37)52(42)53(48)49)57(45-26-14-7-15-27-45)55-39(3)19-17-29-47(55)41-22-10-5-11-23-41/h4-36H,1-3H3. The highest BCUT2D eigenvalue weighted by Gasteiger charge is 2.28. The third-order valence-corrected chi connectivity index (χ3v) is 11.4. The van der Waals surface area contributed by atoms with Crippen molar-refractivity contribution in [2.24, 2.45) is 0 Å². The fourth-order valence-corrected chi connectivity index (χ4v) is 8.95. The van der Waals surface area contributed by atoms with Crippen LogP contribution < -0.4 is 9.80 Å². The molecule has 0 fully saturated rings. The molecule has 10 aromatic rings. The first-order chi connectivity index (χ1) is 28.0. The number of nitrogens with zero attached hydrogens (tertiary/aromatic N) is 2. The molecule has 10 aromatic carbocycles. The molecule has 272 valence electrons. The average molecular weight is 731 g/mol. The summed E-state index contributed by atoms with van der Waals surface area (Å²) < 4.78 is 0. The molecule has 0 N–H and O–H groups in total. The molecule has 0 bridgehead atoms. The first-order valence-electron chi connectivity index (χ1n) is 19.8. The van der Waals surface area contributed by atoms with Gasteiger partial charge in [0.1, 0.15) is 0 Å². The summed E-state index contributed by atoms with van der Waals surface area (Å²) in [5.41, 5.74) is 15.2.